The molecular formula is C12H19N3O2. The molecule has 0 saturated carbocycles. The Labute approximate surface area is 101 Å². The lowest BCUT2D eigenvalue weighted by molar-refractivity contribution is -0.141. The normalized spacial score (nSPS) is 24.5. The summed E-state index contributed by atoms with van der Waals surface area (Å²) in [6.45, 7) is 7.36. The van der Waals surface area contributed by atoms with Crippen molar-refractivity contribution < 1.29 is 9.90 Å². The van der Waals surface area contributed by atoms with Crippen LogP contribution in [0.15, 0.2) is 6.20 Å². The highest BCUT2D eigenvalue weighted by molar-refractivity contribution is 5.72. The van der Waals surface area contributed by atoms with Gasteiger partial charge in [0.05, 0.1) is 11.6 Å². The number of carboxylic acids is 1. The van der Waals surface area contributed by atoms with E-state index in [1.165, 1.54) is 0 Å². The molecule has 5 heteroatoms. The number of hydrogen-bond acceptors (Lipinski definition) is 3. The van der Waals surface area contributed by atoms with Gasteiger partial charge in [-0.3, -0.25) is 9.48 Å². The largest absolute Gasteiger partial charge is 0.481 e. The zero-order valence-corrected chi connectivity index (χ0v) is 10.5. The van der Waals surface area contributed by atoms with Crippen molar-refractivity contribution in [3.8, 4) is 0 Å². The summed E-state index contributed by atoms with van der Waals surface area (Å²) in [5.74, 6) is -1.02. The molecule has 2 unspecified atom stereocenters. The van der Waals surface area contributed by atoms with Crippen LogP contribution in [0.1, 0.15) is 37.1 Å². The maximum absolute atomic E-state index is 11.2. The van der Waals surface area contributed by atoms with Crippen LogP contribution in [0.2, 0.25) is 0 Å². The first kappa shape index (κ1) is 12.1. The molecule has 1 aliphatic rings. The second-order valence-corrected chi connectivity index (χ2v) is 4.95. The number of carboxylic acid groups (broad SMARTS) is 1. The third-order valence-electron chi connectivity index (χ3n) is 3.41. The molecule has 1 saturated heterocycles. The fourth-order valence-electron chi connectivity index (χ4n) is 2.39. The smallest absolute Gasteiger partial charge is 0.308 e. The van der Waals surface area contributed by atoms with Crippen molar-refractivity contribution >= 4 is 5.97 Å². The molecule has 0 bridgehead atoms. The van der Waals surface area contributed by atoms with Crippen LogP contribution in [0.3, 0.4) is 0 Å². The molecule has 0 amide bonds. The van der Waals surface area contributed by atoms with Gasteiger partial charge >= 0.3 is 5.97 Å². The van der Waals surface area contributed by atoms with E-state index in [1.54, 1.807) is 0 Å². The average molecular weight is 237 g/mol. The van der Waals surface area contributed by atoms with Crippen LogP contribution >= 0.6 is 0 Å². The number of aliphatic carboxylic acids is 1. The summed E-state index contributed by atoms with van der Waals surface area (Å²) in [7, 11) is 0. The van der Waals surface area contributed by atoms with E-state index in [1.807, 2.05) is 17.8 Å². The van der Waals surface area contributed by atoms with Crippen LogP contribution in [0.25, 0.3) is 0 Å². The van der Waals surface area contributed by atoms with Gasteiger partial charge in [-0.05, 0) is 26.3 Å². The van der Waals surface area contributed by atoms with Gasteiger partial charge < -0.3 is 10.4 Å². The van der Waals surface area contributed by atoms with Gasteiger partial charge in [0, 0.05) is 31.2 Å². The van der Waals surface area contributed by atoms with Gasteiger partial charge in [-0.25, -0.2) is 0 Å². The molecule has 0 spiro atoms. The van der Waals surface area contributed by atoms with E-state index < -0.39 is 5.97 Å². The number of nitrogens with one attached hydrogen (secondary N) is 1. The minimum Gasteiger partial charge on any atom is -0.481 e. The van der Waals surface area contributed by atoms with Gasteiger partial charge in [0.1, 0.15) is 0 Å². The highest BCUT2D eigenvalue weighted by Crippen LogP contribution is 2.30. The first-order chi connectivity index (χ1) is 8.00. The molecule has 2 rings (SSSR count). The van der Waals surface area contributed by atoms with Crippen LogP contribution in [-0.4, -0.2) is 33.9 Å². The van der Waals surface area contributed by atoms with Crippen molar-refractivity contribution in [2.75, 3.05) is 13.1 Å². The molecule has 1 fully saturated rings. The highest BCUT2D eigenvalue weighted by atomic mass is 16.4. The van der Waals surface area contributed by atoms with Crippen LogP contribution in [0, 0.1) is 12.8 Å². The molecule has 2 heterocycles. The molecule has 0 aromatic carbocycles. The number of carbonyl (C=O) groups is 1. The minimum absolute atomic E-state index is 0.0417. The average Bonchev–Trinajstić information content (AvgIpc) is 2.82. The Morgan fingerprint density at radius 1 is 1.59 bits per heavy atom. The van der Waals surface area contributed by atoms with Crippen LogP contribution in [0.5, 0.6) is 0 Å². The van der Waals surface area contributed by atoms with Gasteiger partial charge in [0.15, 0.2) is 0 Å². The highest BCUT2D eigenvalue weighted by Gasteiger charge is 2.35. The third-order valence-corrected chi connectivity index (χ3v) is 3.41. The number of aryl methyl sites for hydroxylation is 1. The second-order valence-electron chi connectivity index (χ2n) is 4.95. The Bertz CT molecular complexity index is 425. The van der Waals surface area contributed by atoms with Crippen molar-refractivity contribution in [1.82, 2.24) is 15.1 Å². The summed E-state index contributed by atoms with van der Waals surface area (Å²) >= 11 is 0. The first-order valence-corrected chi connectivity index (χ1v) is 6.00. The van der Waals surface area contributed by atoms with E-state index in [-0.39, 0.29) is 11.8 Å². The summed E-state index contributed by atoms with van der Waals surface area (Å²) in [4.78, 5) is 11.2. The quantitative estimate of drug-likeness (QED) is 0.828. The molecule has 1 aromatic heterocycles. The van der Waals surface area contributed by atoms with E-state index in [0.29, 0.717) is 12.6 Å². The van der Waals surface area contributed by atoms with E-state index >= 15 is 0 Å². The fourth-order valence-corrected chi connectivity index (χ4v) is 2.39. The van der Waals surface area contributed by atoms with Crippen LogP contribution in [0.4, 0.5) is 0 Å². The van der Waals surface area contributed by atoms with Gasteiger partial charge in [0.2, 0.25) is 0 Å². The maximum atomic E-state index is 11.2. The molecule has 0 radical (unpaired) electrons. The summed E-state index contributed by atoms with van der Waals surface area (Å²) < 4.78 is 1.90. The van der Waals surface area contributed by atoms with Crippen molar-refractivity contribution in [3.05, 3.63) is 17.5 Å². The summed E-state index contributed by atoms with van der Waals surface area (Å²) in [6.07, 6.45) is 1.99. The number of nitrogens with zero attached hydrogens (tertiary/aromatic N) is 2. The van der Waals surface area contributed by atoms with Crippen LogP contribution in [-0.2, 0) is 4.79 Å². The summed E-state index contributed by atoms with van der Waals surface area (Å²) in [6, 6.07) is 0.306. The monoisotopic (exact) mass is 237 g/mol. The lowest BCUT2D eigenvalue weighted by Gasteiger charge is -2.13. The molecule has 1 aliphatic heterocycles. The zero-order valence-electron chi connectivity index (χ0n) is 10.5. The molecule has 0 aliphatic carbocycles. The van der Waals surface area contributed by atoms with Gasteiger partial charge in [-0.2, -0.15) is 5.10 Å². The van der Waals surface area contributed by atoms with Crippen molar-refractivity contribution in [2.24, 2.45) is 5.92 Å². The van der Waals surface area contributed by atoms with Crippen LogP contribution < -0.4 is 5.32 Å². The first-order valence-electron chi connectivity index (χ1n) is 6.00. The lowest BCUT2D eigenvalue weighted by atomic mass is 9.89. The van der Waals surface area contributed by atoms with Crippen molar-refractivity contribution in [3.63, 3.8) is 0 Å². The topological polar surface area (TPSA) is 67.2 Å². The maximum Gasteiger partial charge on any atom is 0.308 e. The van der Waals surface area contributed by atoms with Gasteiger partial charge in [-0.15, -0.1) is 0 Å². The second kappa shape index (κ2) is 4.49. The fraction of sp³-hybridized carbons (Fsp3) is 0.667. The molecule has 2 N–H and O–H groups in total. The molecule has 17 heavy (non-hydrogen) atoms. The van der Waals surface area contributed by atoms with Gasteiger partial charge in [0.25, 0.3) is 0 Å². The molecule has 5 nitrogen and oxygen atoms in total. The Kier molecular flexibility index (Phi) is 3.19. The Morgan fingerprint density at radius 3 is 2.82 bits per heavy atom. The minimum atomic E-state index is -0.725. The zero-order chi connectivity index (χ0) is 12.6. The Morgan fingerprint density at radius 2 is 2.29 bits per heavy atom. The Balaban J connectivity index is 2.30. The van der Waals surface area contributed by atoms with Gasteiger partial charge in [-0.1, -0.05) is 0 Å². The van der Waals surface area contributed by atoms with E-state index in [4.69, 9.17) is 0 Å². The van der Waals surface area contributed by atoms with E-state index in [9.17, 15) is 9.90 Å². The van der Waals surface area contributed by atoms with E-state index in [2.05, 4.69) is 24.3 Å². The van der Waals surface area contributed by atoms with E-state index in [0.717, 1.165) is 17.8 Å². The number of hydrogen-bond donors (Lipinski definition) is 2. The third kappa shape index (κ3) is 2.20. The molecule has 94 valence electrons. The molecule has 1 aromatic rings. The summed E-state index contributed by atoms with van der Waals surface area (Å²) in [5, 5.41) is 16.8. The lowest BCUT2D eigenvalue weighted by Crippen LogP contribution is -2.21. The van der Waals surface area contributed by atoms with Crippen molar-refractivity contribution in [1.29, 1.82) is 0 Å². The predicted molar refractivity (Wildman–Crippen MR) is 64.1 cm³/mol. The number of aromatic nitrogens is 2. The number of rotatable bonds is 3. The Hall–Kier alpha value is -1.36. The predicted octanol–water partition coefficient (Wildman–Crippen LogP) is 1.16. The van der Waals surface area contributed by atoms with Crippen molar-refractivity contribution in [2.45, 2.75) is 32.7 Å². The SMILES string of the molecule is Cc1nn(C(C)C)cc1C1CNCC1C(=O)O. The summed E-state index contributed by atoms with van der Waals surface area (Å²) in [5.41, 5.74) is 2.01. The standard InChI is InChI=1S/C12H19N3O2/c1-7(2)15-6-11(8(3)14-15)9-4-13-5-10(9)12(16)17/h6-7,9-10,13H,4-5H2,1-3H3,(H,16,17). The molecule has 2 atom stereocenters. The molecular weight excluding hydrogens is 218 g/mol.